The zero-order valence-corrected chi connectivity index (χ0v) is 22.2. The first kappa shape index (κ1) is 24.7. The second kappa shape index (κ2) is 9.28. The highest BCUT2D eigenvalue weighted by Gasteiger charge is 2.31. The number of rotatable bonds is 5. The third kappa shape index (κ3) is 4.08. The molecular formula is C28H28FN5O3S. The molecule has 10 heteroatoms. The molecule has 8 nitrogen and oxygen atoms in total. The Balaban J connectivity index is 1.73. The Kier molecular flexibility index (Phi) is 6.03. The Morgan fingerprint density at radius 2 is 1.82 bits per heavy atom. The van der Waals surface area contributed by atoms with Gasteiger partial charge in [-0.05, 0) is 61.6 Å². The highest BCUT2D eigenvalue weighted by atomic mass is 32.2. The molecule has 0 N–H and O–H groups in total. The predicted octanol–water partition coefficient (Wildman–Crippen LogP) is 4.85. The molecule has 0 amide bonds. The van der Waals surface area contributed by atoms with Crippen LogP contribution in [0.2, 0.25) is 0 Å². The van der Waals surface area contributed by atoms with Gasteiger partial charge in [-0.15, -0.1) is 5.10 Å². The average molecular weight is 534 g/mol. The van der Waals surface area contributed by atoms with Crippen LogP contribution >= 0.6 is 0 Å². The van der Waals surface area contributed by atoms with Crippen molar-refractivity contribution in [3.05, 3.63) is 71.8 Å². The van der Waals surface area contributed by atoms with Crippen LogP contribution in [0.4, 0.5) is 4.39 Å². The van der Waals surface area contributed by atoms with Gasteiger partial charge in [-0.25, -0.2) is 17.5 Å². The van der Waals surface area contributed by atoms with Gasteiger partial charge in [0.15, 0.2) is 9.84 Å². The monoisotopic (exact) mass is 533 g/mol. The van der Waals surface area contributed by atoms with Crippen LogP contribution in [0.1, 0.15) is 30.1 Å². The van der Waals surface area contributed by atoms with Crippen molar-refractivity contribution >= 4 is 31.8 Å². The summed E-state index contributed by atoms with van der Waals surface area (Å²) < 4.78 is 49.4. The van der Waals surface area contributed by atoms with Crippen LogP contribution in [-0.4, -0.2) is 52.4 Å². The number of sulfone groups is 1. The molecule has 4 heterocycles. The lowest BCUT2D eigenvalue weighted by atomic mass is 9.86. The van der Waals surface area contributed by atoms with E-state index in [1.807, 2.05) is 38.2 Å². The molecule has 0 radical (unpaired) electrons. The van der Waals surface area contributed by atoms with Crippen LogP contribution in [0.3, 0.4) is 0 Å². The van der Waals surface area contributed by atoms with Gasteiger partial charge in [0.2, 0.25) is 0 Å². The van der Waals surface area contributed by atoms with Gasteiger partial charge in [-0.2, -0.15) is 0 Å². The topological polar surface area (TPSA) is 91.9 Å². The van der Waals surface area contributed by atoms with Crippen molar-refractivity contribution in [3.63, 3.8) is 0 Å². The lowest BCUT2D eigenvalue weighted by Crippen LogP contribution is -2.27. The van der Waals surface area contributed by atoms with E-state index in [1.165, 1.54) is 18.4 Å². The molecule has 2 aromatic carbocycles. The molecule has 1 aliphatic rings. The number of fused-ring (bicyclic) bond motifs is 3. The van der Waals surface area contributed by atoms with E-state index >= 15 is 0 Å². The Morgan fingerprint density at radius 3 is 2.47 bits per heavy atom. The molecule has 0 saturated carbocycles. The fraction of sp³-hybridized carbons (Fsp3) is 0.321. The molecule has 6 rings (SSSR count). The number of aromatic nitrogens is 5. The molecule has 1 saturated heterocycles. The molecule has 38 heavy (non-hydrogen) atoms. The van der Waals surface area contributed by atoms with E-state index in [-0.39, 0.29) is 22.7 Å². The van der Waals surface area contributed by atoms with Crippen LogP contribution in [0.15, 0.2) is 59.6 Å². The van der Waals surface area contributed by atoms with Crippen molar-refractivity contribution in [1.82, 2.24) is 24.5 Å². The van der Waals surface area contributed by atoms with Crippen LogP contribution in [-0.2, 0) is 21.6 Å². The molecule has 3 aromatic heterocycles. The summed E-state index contributed by atoms with van der Waals surface area (Å²) in [5, 5.41) is 8.94. The maximum absolute atomic E-state index is 14.0. The third-order valence-electron chi connectivity index (χ3n) is 7.50. The van der Waals surface area contributed by atoms with Crippen LogP contribution in [0, 0.1) is 18.7 Å². The minimum absolute atomic E-state index is 0.183. The van der Waals surface area contributed by atoms with Crippen LogP contribution in [0.25, 0.3) is 33.2 Å². The minimum atomic E-state index is -3.54. The van der Waals surface area contributed by atoms with E-state index in [9.17, 15) is 12.8 Å². The number of halogens is 1. The summed E-state index contributed by atoms with van der Waals surface area (Å²) in [5.41, 5.74) is 5.57. The van der Waals surface area contributed by atoms with Crippen LogP contribution < -0.4 is 0 Å². The number of aryl methyl sites for hydroxylation is 2. The number of nitrogens with zero attached hydrogens (tertiary/aromatic N) is 5. The number of hydrogen-bond donors (Lipinski definition) is 0. The Morgan fingerprint density at radius 1 is 1.08 bits per heavy atom. The van der Waals surface area contributed by atoms with Crippen molar-refractivity contribution in [2.75, 3.05) is 19.5 Å². The molecule has 1 atom stereocenters. The number of benzene rings is 2. The predicted molar refractivity (Wildman–Crippen MR) is 143 cm³/mol. The van der Waals surface area contributed by atoms with Crippen molar-refractivity contribution < 1.29 is 17.5 Å². The Hall–Kier alpha value is -3.63. The summed E-state index contributed by atoms with van der Waals surface area (Å²) in [7, 11) is -1.71. The maximum atomic E-state index is 14.0. The third-order valence-corrected chi connectivity index (χ3v) is 8.64. The molecule has 1 fully saturated rings. The van der Waals surface area contributed by atoms with E-state index in [4.69, 9.17) is 9.72 Å². The van der Waals surface area contributed by atoms with Gasteiger partial charge in [0, 0.05) is 43.7 Å². The highest BCUT2D eigenvalue weighted by molar-refractivity contribution is 7.91. The van der Waals surface area contributed by atoms with Gasteiger partial charge in [0.05, 0.1) is 38.9 Å². The Labute approximate surface area is 220 Å². The van der Waals surface area contributed by atoms with E-state index in [2.05, 4.69) is 14.9 Å². The van der Waals surface area contributed by atoms with E-state index in [1.54, 1.807) is 23.0 Å². The summed E-state index contributed by atoms with van der Waals surface area (Å²) in [4.78, 5) is 5.08. The minimum Gasteiger partial charge on any atom is -0.381 e. The molecule has 1 aliphatic heterocycles. The number of hydrogen-bond acceptors (Lipinski definition) is 6. The smallest absolute Gasteiger partial charge is 0.176 e. The van der Waals surface area contributed by atoms with Crippen molar-refractivity contribution in [1.29, 1.82) is 0 Å². The van der Waals surface area contributed by atoms with E-state index in [0.717, 1.165) is 46.4 Å². The summed E-state index contributed by atoms with van der Waals surface area (Å²) in [6.45, 7) is 3.17. The molecule has 0 aliphatic carbocycles. The van der Waals surface area contributed by atoms with Gasteiger partial charge in [0.1, 0.15) is 5.82 Å². The Bertz CT molecular complexity index is 1750. The van der Waals surface area contributed by atoms with Gasteiger partial charge in [0.25, 0.3) is 0 Å². The summed E-state index contributed by atoms with van der Waals surface area (Å²) in [6, 6.07) is 13.8. The molecule has 0 bridgehead atoms. The number of ether oxygens (including phenoxy) is 1. The molecular weight excluding hydrogens is 505 g/mol. The van der Waals surface area contributed by atoms with E-state index in [0.29, 0.717) is 24.1 Å². The fourth-order valence-corrected chi connectivity index (χ4v) is 6.73. The zero-order chi connectivity index (χ0) is 26.6. The van der Waals surface area contributed by atoms with Crippen molar-refractivity contribution in [2.45, 2.75) is 30.7 Å². The highest BCUT2D eigenvalue weighted by Crippen LogP contribution is 2.42. The average Bonchev–Trinajstić information content (AvgIpc) is 3.41. The second-order valence-electron chi connectivity index (χ2n) is 9.98. The van der Waals surface area contributed by atoms with Crippen LogP contribution in [0.5, 0.6) is 0 Å². The number of pyridine rings is 1. The maximum Gasteiger partial charge on any atom is 0.176 e. The summed E-state index contributed by atoms with van der Waals surface area (Å²) in [6.07, 6.45) is 4.62. The molecule has 1 unspecified atom stereocenters. The molecule has 5 aromatic rings. The van der Waals surface area contributed by atoms with Gasteiger partial charge in [-0.1, -0.05) is 23.4 Å². The second-order valence-corrected chi connectivity index (χ2v) is 12.0. The first-order valence-electron chi connectivity index (χ1n) is 12.6. The normalized spacial score (nSPS) is 15.9. The molecule has 196 valence electrons. The summed E-state index contributed by atoms with van der Waals surface area (Å²) >= 11 is 0. The van der Waals surface area contributed by atoms with Gasteiger partial charge < -0.3 is 9.30 Å². The standard InChI is InChI=1S/C28H28FN5O3S/c1-17-27(33(2)32-31-17)20-15-23-26(30-16-20)25-22(5-4-6-24(25)38(3,35)36)34(23)28(19-11-13-37-14-12-19)18-7-9-21(29)10-8-18/h4-10,15-16,19,28H,11-14H2,1-3H3. The van der Waals surface area contributed by atoms with E-state index < -0.39 is 9.84 Å². The lowest BCUT2D eigenvalue weighted by molar-refractivity contribution is 0.0552. The van der Waals surface area contributed by atoms with Gasteiger partial charge >= 0.3 is 0 Å². The summed E-state index contributed by atoms with van der Waals surface area (Å²) in [5.74, 6) is -0.108. The first-order valence-corrected chi connectivity index (χ1v) is 14.5. The van der Waals surface area contributed by atoms with Gasteiger partial charge in [-0.3, -0.25) is 4.98 Å². The lowest BCUT2D eigenvalue weighted by Gasteiger charge is -2.33. The fourth-order valence-electron chi connectivity index (χ4n) is 5.84. The van der Waals surface area contributed by atoms with Crippen molar-refractivity contribution in [3.8, 4) is 11.3 Å². The zero-order valence-electron chi connectivity index (χ0n) is 21.4. The van der Waals surface area contributed by atoms with Crippen molar-refractivity contribution in [2.24, 2.45) is 13.0 Å². The quantitative estimate of drug-likeness (QED) is 0.321. The largest absolute Gasteiger partial charge is 0.381 e. The first-order chi connectivity index (χ1) is 18.2. The SMILES string of the molecule is Cc1nnn(C)c1-c1cnc2c3c(S(C)(=O)=O)cccc3n(C(c3ccc(F)cc3)C3CCOCC3)c2c1. The molecule has 0 spiro atoms.